The number of aliphatic hydroxyl groups excluding tert-OH is 1. The maximum Gasteiger partial charge on any atom is 0.415 e. The number of nitrogens with zero attached hydrogens (tertiary/aromatic N) is 7. The number of likely N-dealkylation sites (tertiary alicyclic amines) is 1. The van der Waals surface area contributed by atoms with Crippen molar-refractivity contribution in [3.63, 3.8) is 0 Å². The molecular formula is C16H18F3N7O. The van der Waals surface area contributed by atoms with E-state index in [0.29, 0.717) is 43.2 Å². The number of fused-ring (bicyclic) bond motifs is 1. The number of alkyl halides is 3. The monoisotopic (exact) mass is 381 g/mol. The van der Waals surface area contributed by atoms with E-state index in [1.165, 1.54) is 0 Å². The molecule has 8 nitrogen and oxygen atoms in total. The Morgan fingerprint density at radius 2 is 1.96 bits per heavy atom. The first-order valence-electron chi connectivity index (χ1n) is 8.61. The average molecular weight is 381 g/mol. The second-order valence-corrected chi connectivity index (χ2v) is 6.60. The van der Waals surface area contributed by atoms with Crippen LogP contribution in [0.2, 0.25) is 0 Å². The minimum Gasteiger partial charge on any atom is -0.382 e. The molecule has 1 saturated heterocycles. The Bertz CT molecular complexity index is 901. The molecule has 4 heterocycles. The van der Waals surface area contributed by atoms with Gasteiger partial charge in [0.2, 0.25) is 0 Å². The zero-order valence-corrected chi connectivity index (χ0v) is 14.3. The molecule has 144 valence electrons. The zero-order chi connectivity index (χ0) is 19.0. The molecule has 3 aromatic rings. The summed E-state index contributed by atoms with van der Waals surface area (Å²) in [6.07, 6.45) is -2.22. The van der Waals surface area contributed by atoms with Crippen molar-refractivity contribution in [1.82, 2.24) is 34.5 Å². The van der Waals surface area contributed by atoms with Crippen LogP contribution in [0.15, 0.2) is 30.6 Å². The highest BCUT2D eigenvalue weighted by molar-refractivity contribution is 5.39. The van der Waals surface area contributed by atoms with Crippen LogP contribution in [0, 0.1) is 0 Å². The van der Waals surface area contributed by atoms with Gasteiger partial charge in [0.1, 0.15) is 0 Å². The SMILES string of the molecule is OC(CN1CCC(c2nnc3ccc(-n4cccn4)nn23)CC1)C(F)(F)F. The summed E-state index contributed by atoms with van der Waals surface area (Å²) in [7, 11) is 0. The Hall–Kier alpha value is -2.53. The molecule has 27 heavy (non-hydrogen) atoms. The molecular weight excluding hydrogens is 363 g/mol. The van der Waals surface area contributed by atoms with E-state index >= 15 is 0 Å². The standard InChI is InChI=1S/C16H18F3N7O/c17-16(18,19)12(27)10-24-8-4-11(5-9-24)15-22-21-13-2-3-14(23-26(13)15)25-7-1-6-20-25/h1-3,6-7,11-12,27H,4-5,8-10H2. The van der Waals surface area contributed by atoms with Crippen LogP contribution in [0.4, 0.5) is 13.2 Å². The van der Waals surface area contributed by atoms with Crippen molar-refractivity contribution in [2.75, 3.05) is 19.6 Å². The highest BCUT2D eigenvalue weighted by Gasteiger charge is 2.39. The minimum atomic E-state index is -4.59. The number of piperidine rings is 1. The molecule has 0 bridgehead atoms. The van der Waals surface area contributed by atoms with Gasteiger partial charge in [-0.25, -0.2) is 4.68 Å². The summed E-state index contributed by atoms with van der Waals surface area (Å²) in [6.45, 7) is 0.496. The van der Waals surface area contributed by atoms with Gasteiger partial charge < -0.3 is 10.0 Å². The van der Waals surface area contributed by atoms with Crippen LogP contribution < -0.4 is 0 Å². The summed E-state index contributed by atoms with van der Waals surface area (Å²) < 4.78 is 40.9. The Kier molecular flexibility index (Phi) is 4.56. The van der Waals surface area contributed by atoms with Gasteiger partial charge in [0.15, 0.2) is 23.4 Å². The van der Waals surface area contributed by atoms with Crippen molar-refractivity contribution in [3.8, 4) is 5.82 Å². The first-order chi connectivity index (χ1) is 12.9. The molecule has 1 aliphatic rings. The number of β-amino-alcohol motifs (C(OH)–C–C–N with tert-alkyl or cyclic N) is 1. The number of halogens is 3. The predicted molar refractivity (Wildman–Crippen MR) is 88.4 cm³/mol. The van der Waals surface area contributed by atoms with Crippen molar-refractivity contribution in [1.29, 1.82) is 0 Å². The Labute approximate surface area is 152 Å². The van der Waals surface area contributed by atoms with E-state index in [1.807, 2.05) is 0 Å². The van der Waals surface area contributed by atoms with Crippen molar-refractivity contribution in [2.45, 2.75) is 31.0 Å². The van der Waals surface area contributed by atoms with Gasteiger partial charge in [0.25, 0.3) is 0 Å². The number of hydrogen-bond donors (Lipinski definition) is 1. The first kappa shape index (κ1) is 17.9. The molecule has 11 heteroatoms. The second-order valence-electron chi connectivity index (χ2n) is 6.60. The maximum atomic E-state index is 12.5. The molecule has 1 atom stereocenters. The Morgan fingerprint density at radius 3 is 2.63 bits per heavy atom. The Morgan fingerprint density at radius 1 is 1.19 bits per heavy atom. The molecule has 0 amide bonds. The summed E-state index contributed by atoms with van der Waals surface area (Å²) in [5.74, 6) is 1.36. The van der Waals surface area contributed by atoms with Gasteiger partial charge in [-0.1, -0.05) is 0 Å². The van der Waals surface area contributed by atoms with E-state index in [1.54, 1.807) is 44.7 Å². The predicted octanol–water partition coefficient (Wildman–Crippen LogP) is 1.41. The highest BCUT2D eigenvalue weighted by Crippen LogP contribution is 2.28. The first-order valence-corrected chi connectivity index (χ1v) is 8.61. The molecule has 1 fully saturated rings. The van der Waals surface area contributed by atoms with Gasteiger partial charge in [-0.3, -0.25) is 0 Å². The fourth-order valence-electron chi connectivity index (χ4n) is 3.30. The van der Waals surface area contributed by atoms with Crippen LogP contribution in [0.1, 0.15) is 24.6 Å². The lowest BCUT2D eigenvalue weighted by Gasteiger charge is -2.32. The molecule has 1 unspecified atom stereocenters. The largest absolute Gasteiger partial charge is 0.415 e. The summed E-state index contributed by atoms with van der Waals surface area (Å²) in [4.78, 5) is 1.63. The Balaban J connectivity index is 1.48. The van der Waals surface area contributed by atoms with E-state index in [0.717, 1.165) is 0 Å². The van der Waals surface area contributed by atoms with Crippen LogP contribution in [0.3, 0.4) is 0 Å². The molecule has 1 aliphatic heterocycles. The normalized spacial score (nSPS) is 18.2. The van der Waals surface area contributed by atoms with Crippen molar-refractivity contribution in [3.05, 3.63) is 36.4 Å². The van der Waals surface area contributed by atoms with Crippen molar-refractivity contribution in [2.24, 2.45) is 0 Å². The minimum absolute atomic E-state index is 0.0413. The number of aliphatic hydroxyl groups is 1. The second kappa shape index (κ2) is 6.89. The van der Waals surface area contributed by atoms with Crippen LogP contribution in [-0.2, 0) is 0 Å². The van der Waals surface area contributed by atoms with Crippen LogP contribution in [0.5, 0.6) is 0 Å². The van der Waals surface area contributed by atoms with Crippen LogP contribution in [-0.4, -0.2) is 71.5 Å². The summed E-state index contributed by atoms with van der Waals surface area (Å²) in [5, 5.41) is 26.3. The number of hydrogen-bond acceptors (Lipinski definition) is 6. The summed E-state index contributed by atoms with van der Waals surface area (Å²) >= 11 is 0. The topological polar surface area (TPSA) is 84.4 Å². The van der Waals surface area contributed by atoms with Gasteiger partial charge in [0.05, 0.1) is 0 Å². The molecule has 0 aliphatic carbocycles. The quantitative estimate of drug-likeness (QED) is 0.736. The maximum absolute atomic E-state index is 12.5. The molecule has 0 aromatic carbocycles. The van der Waals surface area contributed by atoms with Gasteiger partial charge in [-0.05, 0) is 44.1 Å². The molecule has 0 radical (unpaired) electrons. The third-order valence-electron chi connectivity index (χ3n) is 4.77. The molecule has 1 N–H and O–H groups in total. The van der Waals surface area contributed by atoms with E-state index < -0.39 is 18.8 Å². The van der Waals surface area contributed by atoms with Gasteiger partial charge in [-0.2, -0.15) is 22.8 Å². The lowest BCUT2D eigenvalue weighted by molar-refractivity contribution is -0.208. The lowest BCUT2D eigenvalue weighted by atomic mass is 9.96. The van der Waals surface area contributed by atoms with Crippen LogP contribution in [0.25, 0.3) is 11.5 Å². The molecule has 0 saturated carbocycles. The fourth-order valence-corrected chi connectivity index (χ4v) is 3.30. The van der Waals surface area contributed by atoms with E-state index in [-0.39, 0.29) is 5.92 Å². The number of aromatic nitrogens is 6. The third-order valence-corrected chi connectivity index (χ3v) is 4.77. The van der Waals surface area contributed by atoms with Gasteiger partial charge >= 0.3 is 6.18 Å². The zero-order valence-electron chi connectivity index (χ0n) is 14.3. The smallest absolute Gasteiger partial charge is 0.382 e. The highest BCUT2D eigenvalue weighted by atomic mass is 19.4. The lowest BCUT2D eigenvalue weighted by Crippen LogP contribution is -2.44. The molecule has 4 rings (SSSR count). The van der Waals surface area contributed by atoms with E-state index in [9.17, 15) is 18.3 Å². The third kappa shape index (κ3) is 3.65. The fraction of sp³-hybridized carbons (Fsp3) is 0.500. The molecule has 0 spiro atoms. The van der Waals surface area contributed by atoms with Gasteiger partial charge in [-0.15, -0.1) is 15.3 Å². The van der Waals surface area contributed by atoms with Crippen LogP contribution >= 0.6 is 0 Å². The van der Waals surface area contributed by atoms with Crippen molar-refractivity contribution >= 4 is 5.65 Å². The van der Waals surface area contributed by atoms with E-state index in [2.05, 4.69) is 20.4 Å². The van der Waals surface area contributed by atoms with Gasteiger partial charge in [0, 0.05) is 24.9 Å². The average Bonchev–Trinajstić information content (AvgIpc) is 3.31. The summed E-state index contributed by atoms with van der Waals surface area (Å²) in [5.41, 5.74) is 0.607. The van der Waals surface area contributed by atoms with Crippen molar-refractivity contribution < 1.29 is 18.3 Å². The van der Waals surface area contributed by atoms with E-state index in [4.69, 9.17) is 0 Å². The summed E-state index contributed by atoms with van der Waals surface area (Å²) in [6, 6.07) is 5.39. The molecule has 3 aromatic heterocycles. The number of rotatable bonds is 4.